The Morgan fingerprint density at radius 2 is 1.62 bits per heavy atom. The molecule has 5 rings (SSSR count). The van der Waals surface area contributed by atoms with Gasteiger partial charge in [-0.1, -0.05) is 48.5 Å². The monoisotopic (exact) mass is 399 g/mol. The zero-order valence-electron chi connectivity index (χ0n) is 15.6. The molecule has 3 aromatic rings. The Labute approximate surface area is 172 Å². The largest absolute Gasteiger partial charge is 0.465 e. The first-order valence-corrected chi connectivity index (χ1v) is 10.1. The van der Waals surface area contributed by atoms with Crippen molar-refractivity contribution in [1.82, 2.24) is 0 Å². The van der Waals surface area contributed by atoms with Crippen molar-refractivity contribution in [1.29, 1.82) is 0 Å². The highest BCUT2D eigenvalue weighted by Gasteiger charge is 2.38. The van der Waals surface area contributed by atoms with Gasteiger partial charge in [-0.05, 0) is 29.8 Å². The van der Waals surface area contributed by atoms with Crippen LogP contribution in [0.4, 0.5) is 5.69 Å². The fourth-order valence-corrected chi connectivity index (χ4v) is 5.12. The summed E-state index contributed by atoms with van der Waals surface area (Å²) in [6, 6.07) is 23.1. The van der Waals surface area contributed by atoms with Gasteiger partial charge in [0.05, 0.1) is 29.3 Å². The Hall–Kier alpha value is -3.31. The number of anilines is 1. The lowest BCUT2D eigenvalue weighted by molar-refractivity contribution is 0.0600. The van der Waals surface area contributed by atoms with Gasteiger partial charge >= 0.3 is 5.97 Å². The predicted octanol–water partition coefficient (Wildman–Crippen LogP) is 5.34. The molecule has 29 heavy (non-hydrogen) atoms. The fourth-order valence-electron chi connectivity index (χ4n) is 3.83. The van der Waals surface area contributed by atoms with E-state index in [1.165, 1.54) is 7.11 Å². The minimum absolute atomic E-state index is 0.0467. The van der Waals surface area contributed by atoms with Crippen LogP contribution in [0.5, 0.6) is 0 Å². The molecule has 0 bridgehead atoms. The Morgan fingerprint density at radius 3 is 2.38 bits per heavy atom. The van der Waals surface area contributed by atoms with E-state index in [0.29, 0.717) is 5.56 Å². The first kappa shape index (κ1) is 17.8. The molecule has 1 N–H and O–H groups in total. The van der Waals surface area contributed by atoms with E-state index in [1.807, 2.05) is 54.6 Å². The summed E-state index contributed by atoms with van der Waals surface area (Å²) in [6.07, 6.45) is 0. The first-order chi connectivity index (χ1) is 14.2. The van der Waals surface area contributed by atoms with Crippen LogP contribution in [0.15, 0.2) is 83.3 Å². The molecule has 0 unspecified atom stereocenters. The van der Waals surface area contributed by atoms with Crippen LogP contribution >= 0.6 is 11.8 Å². The maximum atomic E-state index is 13.4. The molecule has 0 fully saturated rings. The minimum Gasteiger partial charge on any atom is -0.465 e. The molecule has 142 valence electrons. The molecule has 5 heteroatoms. The van der Waals surface area contributed by atoms with E-state index in [-0.39, 0.29) is 17.0 Å². The van der Waals surface area contributed by atoms with Crippen molar-refractivity contribution in [3.8, 4) is 0 Å². The predicted molar refractivity (Wildman–Crippen MR) is 114 cm³/mol. The molecule has 1 atom stereocenters. The topological polar surface area (TPSA) is 55.4 Å². The number of para-hydroxylation sites is 1. The highest BCUT2D eigenvalue weighted by molar-refractivity contribution is 8.00. The summed E-state index contributed by atoms with van der Waals surface area (Å²) < 4.78 is 4.80. The molecule has 1 aliphatic heterocycles. The zero-order valence-corrected chi connectivity index (χ0v) is 16.5. The summed E-state index contributed by atoms with van der Waals surface area (Å²) in [4.78, 5) is 26.2. The van der Waals surface area contributed by atoms with Crippen molar-refractivity contribution in [2.24, 2.45) is 0 Å². The van der Waals surface area contributed by atoms with Crippen molar-refractivity contribution in [3.05, 3.63) is 101 Å². The van der Waals surface area contributed by atoms with Crippen LogP contribution in [0.25, 0.3) is 5.70 Å². The van der Waals surface area contributed by atoms with Gasteiger partial charge < -0.3 is 10.1 Å². The smallest absolute Gasteiger partial charge is 0.337 e. The Balaban J connectivity index is 1.67. The number of carbonyl (C=O) groups excluding carboxylic acids is 2. The zero-order chi connectivity index (χ0) is 20.0. The van der Waals surface area contributed by atoms with Gasteiger partial charge in [0.15, 0.2) is 5.78 Å². The summed E-state index contributed by atoms with van der Waals surface area (Å²) in [7, 11) is 1.37. The number of esters is 1. The summed E-state index contributed by atoms with van der Waals surface area (Å²) in [5, 5.41) is 3.32. The third-order valence-corrected chi connectivity index (χ3v) is 6.60. The van der Waals surface area contributed by atoms with Crippen LogP contribution in [-0.4, -0.2) is 18.9 Å². The number of nitrogens with one attached hydrogen (secondary N) is 1. The number of thioether (sulfide) groups is 1. The van der Waals surface area contributed by atoms with E-state index < -0.39 is 0 Å². The van der Waals surface area contributed by atoms with E-state index in [0.717, 1.165) is 38.5 Å². The van der Waals surface area contributed by atoms with Crippen LogP contribution in [0.3, 0.4) is 0 Å². The van der Waals surface area contributed by atoms with Gasteiger partial charge in [0, 0.05) is 21.6 Å². The van der Waals surface area contributed by atoms with Crippen LogP contribution in [0, 0.1) is 0 Å². The van der Waals surface area contributed by atoms with E-state index in [1.54, 1.807) is 23.9 Å². The van der Waals surface area contributed by atoms with Gasteiger partial charge in [-0.3, -0.25) is 4.79 Å². The first-order valence-electron chi connectivity index (χ1n) is 9.26. The summed E-state index contributed by atoms with van der Waals surface area (Å²) in [5.41, 5.74) is 5.71. The van der Waals surface area contributed by atoms with Gasteiger partial charge in [0.2, 0.25) is 0 Å². The molecule has 0 saturated heterocycles. The lowest BCUT2D eigenvalue weighted by Crippen LogP contribution is -2.08. The number of benzene rings is 3. The molecule has 0 radical (unpaired) electrons. The van der Waals surface area contributed by atoms with Crippen molar-refractivity contribution >= 4 is 34.9 Å². The molecule has 2 aliphatic rings. The average Bonchev–Trinajstić information content (AvgIpc) is 2.94. The molecule has 0 saturated carbocycles. The number of rotatable bonds is 2. The number of Topliss-reactive ketones (excluding diaryl/α,β-unsaturated/α-hetero) is 1. The third-order valence-electron chi connectivity index (χ3n) is 5.24. The van der Waals surface area contributed by atoms with Gasteiger partial charge in [0.1, 0.15) is 0 Å². The summed E-state index contributed by atoms with van der Waals surface area (Å²) in [6.45, 7) is 0. The van der Waals surface area contributed by atoms with Crippen molar-refractivity contribution in [2.75, 3.05) is 12.4 Å². The minimum atomic E-state index is -0.374. The van der Waals surface area contributed by atoms with E-state index in [4.69, 9.17) is 4.74 Å². The van der Waals surface area contributed by atoms with Crippen molar-refractivity contribution < 1.29 is 14.3 Å². The maximum Gasteiger partial charge on any atom is 0.337 e. The van der Waals surface area contributed by atoms with E-state index in [9.17, 15) is 9.59 Å². The third kappa shape index (κ3) is 2.86. The van der Waals surface area contributed by atoms with E-state index >= 15 is 0 Å². The molecular formula is C24H17NO3S. The quantitative estimate of drug-likeness (QED) is 0.590. The molecule has 1 aliphatic carbocycles. The second-order valence-corrected chi connectivity index (χ2v) is 8.04. The number of hydrogen-bond acceptors (Lipinski definition) is 5. The molecule has 0 amide bonds. The van der Waals surface area contributed by atoms with Crippen LogP contribution in [-0.2, 0) is 4.74 Å². The van der Waals surface area contributed by atoms with Crippen LogP contribution in [0.1, 0.15) is 37.1 Å². The second kappa shape index (κ2) is 6.94. The van der Waals surface area contributed by atoms with E-state index in [2.05, 4.69) is 11.4 Å². The number of ketones is 1. The van der Waals surface area contributed by atoms with Gasteiger partial charge in [-0.15, -0.1) is 11.8 Å². The highest BCUT2D eigenvalue weighted by Crippen LogP contribution is 2.52. The second-order valence-electron chi connectivity index (χ2n) is 6.90. The average molecular weight is 399 g/mol. The highest BCUT2D eigenvalue weighted by atomic mass is 32.2. The van der Waals surface area contributed by atoms with Crippen molar-refractivity contribution in [2.45, 2.75) is 10.1 Å². The Kier molecular flexibility index (Phi) is 4.25. The lowest BCUT2D eigenvalue weighted by Gasteiger charge is -2.17. The Morgan fingerprint density at radius 1 is 0.931 bits per heavy atom. The Bertz CT molecular complexity index is 1180. The lowest BCUT2D eigenvalue weighted by atomic mass is 9.99. The number of ether oxygens (including phenoxy) is 1. The van der Waals surface area contributed by atoms with Gasteiger partial charge in [0.25, 0.3) is 0 Å². The maximum absolute atomic E-state index is 13.4. The number of methoxy groups -OCH3 is 1. The van der Waals surface area contributed by atoms with Crippen molar-refractivity contribution in [3.63, 3.8) is 0 Å². The normalized spacial score (nSPS) is 17.0. The van der Waals surface area contributed by atoms with Gasteiger partial charge in [-0.25, -0.2) is 4.79 Å². The summed E-state index contributed by atoms with van der Waals surface area (Å²) in [5.74, 6) is -0.327. The number of hydrogen-bond donors (Lipinski definition) is 1. The molecule has 0 aromatic heterocycles. The van der Waals surface area contributed by atoms with Crippen LogP contribution < -0.4 is 5.32 Å². The number of fused-ring (bicyclic) bond motifs is 3. The SMILES string of the molecule is COC(=O)c1ccc([C@H]2Sc3ccccc3NC3=C2C(=O)c2ccccc23)cc1. The summed E-state index contributed by atoms with van der Waals surface area (Å²) >= 11 is 1.64. The molecule has 0 spiro atoms. The molecule has 3 aromatic carbocycles. The fraction of sp³-hybridized carbons (Fsp3) is 0.0833. The van der Waals surface area contributed by atoms with Crippen LogP contribution in [0.2, 0.25) is 0 Å². The number of carbonyl (C=O) groups is 2. The molecule has 4 nitrogen and oxygen atoms in total. The molecule has 1 heterocycles. The molecular weight excluding hydrogens is 382 g/mol. The van der Waals surface area contributed by atoms with Gasteiger partial charge in [-0.2, -0.15) is 0 Å². The standard InChI is InChI=1S/C24H17NO3S/c1-28-24(27)15-12-10-14(11-13-15)23-20-21(16-6-2-3-7-17(16)22(20)26)25-18-8-4-5-9-19(18)29-23/h2-13,23,25H,1H3/t23-/m1/s1.